The molecule has 2 heterocycles. The summed E-state index contributed by atoms with van der Waals surface area (Å²) in [6.45, 7) is 6.06. The molecule has 0 bridgehead atoms. The first-order chi connectivity index (χ1) is 14.9. The zero-order valence-electron chi connectivity index (χ0n) is 18.5. The highest BCUT2D eigenvalue weighted by molar-refractivity contribution is 5.85. The van der Waals surface area contributed by atoms with E-state index in [2.05, 4.69) is 17.1 Å². The molecule has 2 aromatic rings. The third-order valence-electron chi connectivity index (χ3n) is 6.80. The summed E-state index contributed by atoms with van der Waals surface area (Å²) in [6.07, 6.45) is 2.30. The Kier molecular flexibility index (Phi) is 6.34. The minimum Gasteiger partial charge on any atom is -0.487 e. The minimum absolute atomic E-state index is 0.0164. The molecular weight excluding hydrogens is 396 g/mol. The van der Waals surface area contributed by atoms with Gasteiger partial charge in [0.15, 0.2) is 0 Å². The molecule has 31 heavy (non-hydrogen) atoms. The van der Waals surface area contributed by atoms with Gasteiger partial charge in [0, 0.05) is 37.2 Å². The first-order valence-electron chi connectivity index (χ1n) is 11.2. The van der Waals surface area contributed by atoms with Crippen molar-refractivity contribution in [1.82, 2.24) is 10.2 Å². The largest absolute Gasteiger partial charge is 0.487 e. The van der Waals surface area contributed by atoms with Crippen LogP contribution < -0.4 is 15.7 Å². The number of aliphatic hydroxyl groups excluding tert-OH is 1. The fraction of sp³-hybridized carbons (Fsp3) is 0.583. The lowest BCUT2D eigenvalue weighted by molar-refractivity contribution is -0.121. The van der Waals surface area contributed by atoms with Gasteiger partial charge in [0.25, 0.3) is 0 Å². The van der Waals surface area contributed by atoms with E-state index in [9.17, 15) is 14.7 Å². The van der Waals surface area contributed by atoms with Crippen molar-refractivity contribution in [3.8, 4) is 5.75 Å². The standard InChI is InChI=1S/C24H32N2O5/c1-4-5-15-10-23(29)31-24-14(2)20(7-6-18(15)24)30-21-9-17-12-26(13-22(28)25-3)11-16(17)8-19(21)27/h6-7,10,16-17,19,21,27H,4-5,8-9,11-13H2,1-3H3,(H,25,28)/t16-,17+,19+,21+/m0/s1. The average Bonchev–Trinajstić information content (AvgIpc) is 3.11. The second kappa shape index (κ2) is 9.01. The van der Waals surface area contributed by atoms with E-state index < -0.39 is 6.10 Å². The molecule has 1 aromatic carbocycles. The van der Waals surface area contributed by atoms with Gasteiger partial charge >= 0.3 is 5.63 Å². The number of ether oxygens (including phenoxy) is 1. The summed E-state index contributed by atoms with van der Waals surface area (Å²) in [4.78, 5) is 25.9. The van der Waals surface area contributed by atoms with Crippen LogP contribution in [0, 0.1) is 18.8 Å². The van der Waals surface area contributed by atoms with Crippen molar-refractivity contribution in [2.24, 2.45) is 11.8 Å². The number of carbonyl (C=O) groups is 1. The van der Waals surface area contributed by atoms with Crippen molar-refractivity contribution in [3.05, 3.63) is 39.7 Å². The number of likely N-dealkylation sites (tertiary alicyclic amines) is 1. The number of hydrogen-bond acceptors (Lipinski definition) is 6. The van der Waals surface area contributed by atoms with Crippen molar-refractivity contribution in [3.63, 3.8) is 0 Å². The molecule has 1 amide bonds. The van der Waals surface area contributed by atoms with Gasteiger partial charge < -0.3 is 19.6 Å². The maximum Gasteiger partial charge on any atom is 0.336 e. The van der Waals surface area contributed by atoms with Crippen LogP contribution in [-0.4, -0.2) is 54.8 Å². The highest BCUT2D eigenvalue weighted by atomic mass is 16.5. The van der Waals surface area contributed by atoms with Gasteiger partial charge in [-0.15, -0.1) is 0 Å². The van der Waals surface area contributed by atoms with Gasteiger partial charge in [-0.05, 0) is 55.7 Å². The van der Waals surface area contributed by atoms with Crippen LogP contribution >= 0.6 is 0 Å². The molecule has 168 valence electrons. The van der Waals surface area contributed by atoms with Crippen LogP contribution in [0.25, 0.3) is 11.0 Å². The summed E-state index contributed by atoms with van der Waals surface area (Å²) < 4.78 is 11.8. The number of nitrogens with zero attached hydrogens (tertiary/aromatic N) is 1. The predicted molar refractivity (Wildman–Crippen MR) is 118 cm³/mol. The number of aliphatic hydroxyl groups is 1. The zero-order valence-corrected chi connectivity index (χ0v) is 18.5. The number of hydrogen-bond donors (Lipinski definition) is 2. The van der Waals surface area contributed by atoms with E-state index in [4.69, 9.17) is 9.15 Å². The Labute approximate surface area is 182 Å². The third kappa shape index (κ3) is 4.48. The lowest BCUT2D eigenvalue weighted by atomic mass is 9.78. The molecular formula is C24H32N2O5. The van der Waals surface area contributed by atoms with Gasteiger partial charge in [-0.25, -0.2) is 4.79 Å². The molecule has 1 saturated carbocycles. The van der Waals surface area contributed by atoms with Crippen molar-refractivity contribution in [2.45, 2.75) is 51.7 Å². The molecule has 0 spiro atoms. The Morgan fingerprint density at radius 3 is 2.74 bits per heavy atom. The molecule has 1 aliphatic carbocycles. The van der Waals surface area contributed by atoms with Crippen LogP contribution in [0.15, 0.2) is 27.4 Å². The number of benzene rings is 1. The Morgan fingerprint density at radius 2 is 2.03 bits per heavy atom. The van der Waals surface area contributed by atoms with E-state index in [1.165, 1.54) is 0 Å². The number of carbonyl (C=O) groups excluding carboxylic acids is 1. The van der Waals surface area contributed by atoms with Gasteiger partial charge in [-0.3, -0.25) is 9.69 Å². The molecule has 4 atom stereocenters. The zero-order chi connectivity index (χ0) is 22.1. The van der Waals surface area contributed by atoms with Crippen LogP contribution in [0.1, 0.15) is 37.3 Å². The number of likely N-dealkylation sites (N-methyl/N-ethyl adjacent to an activating group) is 1. The quantitative estimate of drug-likeness (QED) is 0.686. The van der Waals surface area contributed by atoms with Crippen LogP contribution in [0.2, 0.25) is 0 Å². The van der Waals surface area contributed by atoms with Crippen molar-refractivity contribution < 1.29 is 19.1 Å². The Hall–Kier alpha value is -2.38. The van der Waals surface area contributed by atoms with Crippen LogP contribution in [-0.2, 0) is 11.2 Å². The molecule has 1 saturated heterocycles. The molecule has 0 radical (unpaired) electrons. The maximum atomic E-state index is 12.1. The van der Waals surface area contributed by atoms with Gasteiger partial charge in [0.05, 0.1) is 12.6 Å². The van der Waals surface area contributed by atoms with Gasteiger partial charge in [0.2, 0.25) is 5.91 Å². The van der Waals surface area contributed by atoms with Crippen molar-refractivity contribution in [1.29, 1.82) is 0 Å². The summed E-state index contributed by atoms with van der Waals surface area (Å²) in [6, 6.07) is 5.44. The van der Waals surface area contributed by atoms with Crippen LogP contribution in [0.3, 0.4) is 0 Å². The molecule has 2 fully saturated rings. The smallest absolute Gasteiger partial charge is 0.336 e. The fourth-order valence-corrected chi connectivity index (χ4v) is 5.20. The van der Waals surface area contributed by atoms with E-state index in [0.717, 1.165) is 48.9 Å². The number of rotatable bonds is 6. The monoisotopic (exact) mass is 428 g/mol. The van der Waals surface area contributed by atoms with Crippen molar-refractivity contribution in [2.75, 3.05) is 26.7 Å². The number of fused-ring (bicyclic) bond motifs is 2. The molecule has 2 N–H and O–H groups in total. The predicted octanol–water partition coefficient (Wildman–Crippen LogP) is 2.25. The summed E-state index contributed by atoms with van der Waals surface area (Å²) >= 11 is 0. The first-order valence-corrected chi connectivity index (χ1v) is 11.2. The summed E-state index contributed by atoms with van der Waals surface area (Å²) in [5.74, 6) is 1.44. The summed E-state index contributed by atoms with van der Waals surface area (Å²) in [5.41, 5.74) is 1.99. The molecule has 0 unspecified atom stereocenters. The molecule has 7 heteroatoms. The maximum absolute atomic E-state index is 12.1. The second-order valence-corrected chi connectivity index (χ2v) is 8.99. The Morgan fingerprint density at radius 1 is 1.29 bits per heavy atom. The number of nitrogens with one attached hydrogen (secondary N) is 1. The normalized spacial score (nSPS) is 26.1. The lowest BCUT2D eigenvalue weighted by Crippen LogP contribution is -2.42. The summed E-state index contributed by atoms with van der Waals surface area (Å²) in [5, 5.41) is 14.4. The Balaban J connectivity index is 1.52. The SMILES string of the molecule is CCCc1cc(=O)oc2c(C)c(O[C@@H]3C[C@@H]4CN(CC(=O)NC)C[C@@H]4C[C@H]3O)ccc12. The van der Waals surface area contributed by atoms with E-state index >= 15 is 0 Å². The lowest BCUT2D eigenvalue weighted by Gasteiger charge is -2.35. The van der Waals surface area contributed by atoms with Crippen LogP contribution in [0.4, 0.5) is 0 Å². The topological polar surface area (TPSA) is 92.0 Å². The van der Waals surface area contributed by atoms with Gasteiger partial charge in [0.1, 0.15) is 17.4 Å². The van der Waals surface area contributed by atoms with E-state index in [0.29, 0.717) is 36.1 Å². The third-order valence-corrected chi connectivity index (χ3v) is 6.80. The average molecular weight is 429 g/mol. The molecule has 4 rings (SSSR count). The van der Waals surface area contributed by atoms with E-state index in [1.807, 2.05) is 19.1 Å². The first kappa shape index (κ1) is 21.8. The highest BCUT2D eigenvalue weighted by Gasteiger charge is 2.43. The van der Waals surface area contributed by atoms with Crippen LogP contribution in [0.5, 0.6) is 5.75 Å². The summed E-state index contributed by atoms with van der Waals surface area (Å²) in [7, 11) is 1.65. The van der Waals surface area contributed by atoms with E-state index in [1.54, 1.807) is 13.1 Å². The number of amides is 1. The van der Waals surface area contributed by atoms with Gasteiger partial charge in [-0.2, -0.15) is 0 Å². The Bertz CT molecular complexity index is 1020. The second-order valence-electron chi connectivity index (χ2n) is 8.99. The fourth-order valence-electron chi connectivity index (χ4n) is 5.20. The van der Waals surface area contributed by atoms with E-state index in [-0.39, 0.29) is 17.6 Å². The van der Waals surface area contributed by atoms with Crippen molar-refractivity contribution >= 4 is 16.9 Å². The molecule has 1 aromatic heterocycles. The van der Waals surface area contributed by atoms with Gasteiger partial charge in [-0.1, -0.05) is 13.3 Å². The number of aryl methyl sites for hydroxylation is 2. The molecule has 7 nitrogen and oxygen atoms in total. The molecule has 1 aliphatic heterocycles. The highest BCUT2D eigenvalue weighted by Crippen LogP contribution is 2.39. The molecule has 2 aliphatic rings. The minimum atomic E-state index is -0.560.